The molecular formula is C19H18BrN5. The number of rotatable bonds is 7. The third-order valence-corrected chi connectivity index (χ3v) is 4.37. The summed E-state index contributed by atoms with van der Waals surface area (Å²) >= 11 is 3.51. The summed E-state index contributed by atoms with van der Waals surface area (Å²) in [4.78, 5) is 11.6. The van der Waals surface area contributed by atoms with Crippen LogP contribution in [0.4, 0.5) is 0 Å². The van der Waals surface area contributed by atoms with Crippen molar-refractivity contribution in [2.45, 2.75) is 12.5 Å². The summed E-state index contributed by atoms with van der Waals surface area (Å²) in [6.45, 7) is 3.85. The van der Waals surface area contributed by atoms with Crippen molar-refractivity contribution < 1.29 is 0 Å². The van der Waals surface area contributed by atoms with Gasteiger partial charge in [-0.1, -0.05) is 34.1 Å². The molecule has 0 amide bonds. The third-order valence-electron chi connectivity index (χ3n) is 3.88. The van der Waals surface area contributed by atoms with Crippen LogP contribution >= 0.6 is 15.9 Å². The molecule has 0 fully saturated rings. The Bertz CT molecular complexity index is 928. The summed E-state index contributed by atoms with van der Waals surface area (Å²) in [5, 5.41) is 12.1. The van der Waals surface area contributed by atoms with Crippen LogP contribution in [-0.2, 0) is 0 Å². The van der Waals surface area contributed by atoms with Crippen molar-refractivity contribution in [2.75, 3.05) is 0 Å². The number of nitrogens with zero attached hydrogens (tertiary/aromatic N) is 2. The molecule has 1 aromatic carbocycles. The Kier molecular flexibility index (Phi) is 5.40. The van der Waals surface area contributed by atoms with Crippen molar-refractivity contribution in [3.63, 3.8) is 0 Å². The smallest absolute Gasteiger partial charge is 0.141 e. The first-order chi connectivity index (χ1) is 12.2. The van der Waals surface area contributed by atoms with Crippen molar-refractivity contribution in [1.29, 1.82) is 5.41 Å². The standard InChI is InChI=1S/C19H18BrN5/c1-2-4-17(13-5-3-6-15(20)9-13)23-11-14(10-21)18-16-7-8-22-19(16)25-12-24-18/h2-3,5-12,17,21,23H,1,4H2,(H,22,24,25)/b14-11+,21-10?. The Balaban J connectivity index is 1.92. The molecular weight excluding hydrogens is 378 g/mol. The van der Waals surface area contributed by atoms with Gasteiger partial charge in [0.2, 0.25) is 0 Å². The Labute approximate surface area is 154 Å². The second-order valence-electron chi connectivity index (χ2n) is 5.50. The van der Waals surface area contributed by atoms with Gasteiger partial charge in [0.15, 0.2) is 0 Å². The lowest BCUT2D eigenvalue weighted by atomic mass is 10.0. The van der Waals surface area contributed by atoms with E-state index >= 15 is 0 Å². The minimum absolute atomic E-state index is 0.0634. The van der Waals surface area contributed by atoms with E-state index in [9.17, 15) is 0 Å². The predicted octanol–water partition coefficient (Wildman–Crippen LogP) is 4.62. The fourth-order valence-electron chi connectivity index (χ4n) is 2.66. The van der Waals surface area contributed by atoms with E-state index in [1.165, 1.54) is 12.5 Å². The van der Waals surface area contributed by atoms with E-state index in [1.807, 2.05) is 36.7 Å². The Morgan fingerprint density at radius 3 is 3.00 bits per heavy atom. The van der Waals surface area contributed by atoms with E-state index in [0.717, 1.165) is 33.2 Å². The van der Waals surface area contributed by atoms with Crippen LogP contribution in [0, 0.1) is 5.41 Å². The summed E-state index contributed by atoms with van der Waals surface area (Å²) in [5.74, 6) is 0. The van der Waals surface area contributed by atoms with Gasteiger partial charge in [-0.3, -0.25) is 0 Å². The van der Waals surface area contributed by atoms with Crippen molar-refractivity contribution in [3.8, 4) is 0 Å². The highest BCUT2D eigenvalue weighted by Crippen LogP contribution is 2.23. The minimum Gasteiger partial charge on any atom is -0.383 e. The molecule has 0 aliphatic heterocycles. The van der Waals surface area contributed by atoms with E-state index in [0.29, 0.717) is 5.57 Å². The van der Waals surface area contributed by atoms with Crippen molar-refractivity contribution in [1.82, 2.24) is 20.3 Å². The molecule has 3 aromatic rings. The van der Waals surface area contributed by atoms with Crippen LogP contribution in [-0.4, -0.2) is 21.2 Å². The van der Waals surface area contributed by atoms with Crippen LogP contribution in [0.2, 0.25) is 0 Å². The number of nitrogens with one attached hydrogen (secondary N) is 3. The van der Waals surface area contributed by atoms with Crippen LogP contribution in [0.1, 0.15) is 23.7 Å². The maximum absolute atomic E-state index is 7.78. The molecule has 0 aliphatic rings. The number of fused-ring (bicyclic) bond motifs is 1. The number of H-pyrrole nitrogens is 1. The van der Waals surface area contributed by atoms with Gasteiger partial charge in [-0.25, -0.2) is 9.97 Å². The summed E-state index contributed by atoms with van der Waals surface area (Å²) in [6, 6.07) is 10.1. The highest BCUT2D eigenvalue weighted by molar-refractivity contribution is 9.10. The van der Waals surface area contributed by atoms with Crippen LogP contribution in [0.15, 0.2) is 66.2 Å². The van der Waals surface area contributed by atoms with Gasteiger partial charge in [0.25, 0.3) is 0 Å². The molecule has 3 rings (SSSR count). The summed E-state index contributed by atoms with van der Waals surface area (Å²) in [5.41, 5.74) is 3.31. The number of hydrogen-bond acceptors (Lipinski definition) is 4. The van der Waals surface area contributed by atoms with Gasteiger partial charge < -0.3 is 15.7 Å². The van der Waals surface area contributed by atoms with Crippen LogP contribution < -0.4 is 5.32 Å². The lowest BCUT2D eigenvalue weighted by Crippen LogP contribution is -2.16. The van der Waals surface area contributed by atoms with Crippen molar-refractivity contribution in [2.24, 2.45) is 0 Å². The average molecular weight is 396 g/mol. The fraction of sp³-hybridized carbons (Fsp3) is 0.105. The van der Waals surface area contributed by atoms with E-state index in [1.54, 1.807) is 0 Å². The number of aromatic amines is 1. The first-order valence-electron chi connectivity index (χ1n) is 7.84. The highest BCUT2D eigenvalue weighted by atomic mass is 79.9. The molecule has 1 unspecified atom stereocenters. The highest BCUT2D eigenvalue weighted by Gasteiger charge is 2.11. The Hall–Kier alpha value is -2.73. The van der Waals surface area contributed by atoms with Gasteiger partial charge in [0.05, 0.1) is 11.7 Å². The molecule has 3 N–H and O–H groups in total. The molecule has 0 radical (unpaired) electrons. The predicted molar refractivity (Wildman–Crippen MR) is 105 cm³/mol. The molecule has 0 saturated heterocycles. The van der Waals surface area contributed by atoms with Gasteiger partial charge in [-0.05, 0) is 30.2 Å². The van der Waals surface area contributed by atoms with Crippen molar-refractivity contribution in [3.05, 3.63) is 77.4 Å². The lowest BCUT2D eigenvalue weighted by Gasteiger charge is -2.17. The van der Waals surface area contributed by atoms with Gasteiger partial charge in [-0.15, -0.1) is 6.58 Å². The molecule has 0 saturated carbocycles. The zero-order valence-corrected chi connectivity index (χ0v) is 15.1. The fourth-order valence-corrected chi connectivity index (χ4v) is 3.08. The maximum atomic E-state index is 7.78. The van der Waals surface area contributed by atoms with E-state index in [-0.39, 0.29) is 6.04 Å². The Morgan fingerprint density at radius 2 is 2.24 bits per heavy atom. The quantitative estimate of drug-likeness (QED) is 0.403. The summed E-state index contributed by atoms with van der Waals surface area (Å²) in [6.07, 6.45) is 9.10. The number of allylic oxidation sites excluding steroid dienone is 1. The second kappa shape index (κ2) is 7.90. The third kappa shape index (κ3) is 3.85. The topological polar surface area (TPSA) is 77.5 Å². The van der Waals surface area contributed by atoms with Gasteiger partial charge in [0.1, 0.15) is 12.0 Å². The SMILES string of the molecule is C=CCC(N/C=C(\C=N)c1ncnc2[nH]ccc12)c1cccc(Br)c1. The first-order valence-corrected chi connectivity index (χ1v) is 8.63. The van der Waals surface area contributed by atoms with Crippen LogP contribution in [0.25, 0.3) is 16.6 Å². The summed E-state index contributed by atoms with van der Waals surface area (Å²) in [7, 11) is 0. The molecule has 2 heterocycles. The normalized spacial score (nSPS) is 12.8. The van der Waals surface area contributed by atoms with Crippen molar-refractivity contribution >= 4 is 38.8 Å². The van der Waals surface area contributed by atoms with Gasteiger partial charge >= 0.3 is 0 Å². The molecule has 126 valence electrons. The number of halogens is 1. The average Bonchev–Trinajstić information content (AvgIpc) is 3.10. The Morgan fingerprint density at radius 1 is 1.36 bits per heavy atom. The molecule has 0 bridgehead atoms. The van der Waals surface area contributed by atoms with Gasteiger partial charge in [-0.2, -0.15) is 0 Å². The number of hydrogen-bond donors (Lipinski definition) is 3. The van der Waals surface area contributed by atoms with Crippen LogP contribution in [0.3, 0.4) is 0 Å². The molecule has 0 aliphatic carbocycles. The maximum Gasteiger partial charge on any atom is 0.141 e. The zero-order chi connectivity index (χ0) is 17.6. The van der Waals surface area contributed by atoms with E-state index in [4.69, 9.17) is 5.41 Å². The minimum atomic E-state index is 0.0634. The van der Waals surface area contributed by atoms with Gasteiger partial charge in [0, 0.05) is 34.0 Å². The number of benzene rings is 1. The van der Waals surface area contributed by atoms with Crippen LogP contribution in [0.5, 0.6) is 0 Å². The largest absolute Gasteiger partial charge is 0.383 e. The van der Waals surface area contributed by atoms with E-state index in [2.05, 4.69) is 54.9 Å². The van der Waals surface area contributed by atoms with E-state index < -0.39 is 0 Å². The zero-order valence-electron chi connectivity index (χ0n) is 13.5. The molecule has 1 atom stereocenters. The monoisotopic (exact) mass is 395 g/mol. The second-order valence-corrected chi connectivity index (χ2v) is 6.42. The summed E-state index contributed by atoms with van der Waals surface area (Å²) < 4.78 is 1.03. The molecule has 5 nitrogen and oxygen atoms in total. The lowest BCUT2D eigenvalue weighted by molar-refractivity contribution is 0.633. The number of aromatic nitrogens is 3. The molecule has 0 spiro atoms. The molecule has 2 aromatic heterocycles. The molecule has 6 heteroatoms. The molecule has 25 heavy (non-hydrogen) atoms. The first kappa shape index (κ1) is 17.1.